The van der Waals surface area contributed by atoms with E-state index in [2.05, 4.69) is 23.2 Å². The fourth-order valence-electron chi connectivity index (χ4n) is 1.19. The predicted molar refractivity (Wildman–Crippen MR) is 57.4 cm³/mol. The maximum Gasteiger partial charge on any atom is 0.419 e. The minimum absolute atomic E-state index is 4.19. The first-order valence-electron chi connectivity index (χ1n) is 4.62. The minimum atomic E-state index is -6.93. The molecule has 0 heterocycles. The van der Waals surface area contributed by atoms with Crippen molar-refractivity contribution in [1.29, 1.82) is 0 Å². The zero-order valence-corrected chi connectivity index (χ0v) is 13.2. The minimum Gasteiger partial charge on any atom is -0.197 e. The molecular weight excluding hydrogens is 471 g/mol. The van der Waals surface area contributed by atoms with Gasteiger partial charge in [0.2, 0.25) is 4.07 Å². The summed E-state index contributed by atoms with van der Waals surface area (Å²) in [5, 5.41) is 0. The quantitative estimate of drug-likeness (QED) is 0.225. The second kappa shape index (κ2) is 6.56. The molecule has 0 saturated heterocycles. The van der Waals surface area contributed by atoms with Crippen LogP contribution in [0.4, 0.5) is 61.5 Å². The predicted octanol–water partition coefficient (Wildman–Crippen LogP) is 7.75. The average Bonchev–Trinajstić information content (AvgIpc) is 2.02. The van der Waals surface area contributed by atoms with Gasteiger partial charge in [0.25, 0.3) is 0 Å². The summed E-state index contributed by atoms with van der Waals surface area (Å²) in [6.45, 7) is 0. The van der Waals surface area contributed by atoms with E-state index in [0.717, 1.165) is 0 Å². The van der Waals surface area contributed by atoms with Gasteiger partial charge in [-0.1, -0.05) is 23.2 Å². The van der Waals surface area contributed by atoms with Crippen molar-refractivity contribution in [3.05, 3.63) is 0 Å². The molecule has 0 saturated carbocycles. The molecule has 0 atom stereocenters. The van der Waals surface area contributed by atoms with Gasteiger partial charge in [-0.15, -0.1) is 0 Å². The largest absolute Gasteiger partial charge is 0.419 e. The van der Waals surface area contributed by atoms with Crippen LogP contribution in [0.3, 0.4) is 0 Å². The highest BCUT2D eigenvalue weighted by Crippen LogP contribution is 2.85. The van der Waals surface area contributed by atoms with Crippen LogP contribution >= 0.6 is 39.0 Å². The molecule has 0 spiro atoms. The summed E-state index contributed by atoms with van der Waals surface area (Å²) in [7, 11) is -13.2. The fourth-order valence-corrected chi connectivity index (χ4v) is 5.84. The fraction of sp³-hybridized carbons (Fsp3) is 1.00. The van der Waals surface area contributed by atoms with Crippen LogP contribution in [0.15, 0.2) is 0 Å². The highest BCUT2D eigenvalue weighted by atomic mass is 35.5. The van der Waals surface area contributed by atoms with Crippen LogP contribution in [0.1, 0.15) is 0 Å². The molecule has 0 bridgehead atoms. The summed E-state index contributed by atoms with van der Waals surface area (Å²) < 4.78 is 169. The number of hydrogen-bond donors (Lipinski definition) is 0. The SMILES string of the molecule is FC(F)(F)P(C(F)(F)F)C(F)(F)C(Cl)(Cl)P(C(F)(F)F)C(F)(F)F. The summed E-state index contributed by atoms with van der Waals surface area (Å²) >= 11 is 8.38. The van der Waals surface area contributed by atoms with Crippen LogP contribution in [-0.4, -0.2) is 33.4 Å². The monoisotopic (exact) mass is 470 g/mol. The Balaban J connectivity index is 6.50. The molecule has 0 nitrogen and oxygen atoms in total. The zero-order chi connectivity index (χ0) is 20.2. The van der Waals surface area contributed by atoms with E-state index in [9.17, 15) is 61.5 Å². The van der Waals surface area contributed by atoms with E-state index in [1.807, 2.05) is 0 Å². The molecule has 0 unspecified atom stereocenters. The first-order valence-corrected chi connectivity index (χ1v) is 8.05. The van der Waals surface area contributed by atoms with Crippen molar-refractivity contribution < 1.29 is 61.5 Å². The first kappa shape index (κ1) is 24.5. The Kier molecular flexibility index (Phi) is 6.69. The van der Waals surface area contributed by atoms with Gasteiger partial charge >= 0.3 is 29.3 Å². The second-order valence-electron chi connectivity index (χ2n) is 3.62. The molecule has 18 heteroatoms. The molecule has 0 aliphatic rings. The van der Waals surface area contributed by atoms with Crippen molar-refractivity contribution in [2.75, 3.05) is 0 Å². The molecule has 0 rings (SSSR count). The highest BCUT2D eigenvalue weighted by Gasteiger charge is 2.82. The van der Waals surface area contributed by atoms with Crippen LogP contribution in [0.2, 0.25) is 0 Å². The summed E-state index contributed by atoms with van der Waals surface area (Å²) in [5.74, 6) is -27.4. The molecule has 0 aliphatic heterocycles. The van der Waals surface area contributed by atoms with Gasteiger partial charge in [0.1, 0.15) is 0 Å². The topological polar surface area (TPSA) is 0 Å². The van der Waals surface area contributed by atoms with Crippen LogP contribution in [-0.2, 0) is 0 Å². The highest BCUT2D eigenvalue weighted by molar-refractivity contribution is 7.69. The molecule has 0 aromatic rings. The van der Waals surface area contributed by atoms with Crippen LogP contribution in [0.5, 0.6) is 0 Å². The van der Waals surface area contributed by atoms with Crippen molar-refractivity contribution in [3.8, 4) is 0 Å². The van der Waals surface area contributed by atoms with E-state index in [1.165, 1.54) is 0 Å². The normalized spacial score (nSPS) is 16.2. The lowest BCUT2D eigenvalue weighted by Gasteiger charge is -2.41. The number of alkyl halides is 16. The molecule has 0 aliphatic carbocycles. The Morgan fingerprint density at radius 1 is 0.417 bits per heavy atom. The van der Waals surface area contributed by atoms with Crippen LogP contribution in [0.25, 0.3) is 0 Å². The smallest absolute Gasteiger partial charge is 0.197 e. The molecule has 146 valence electrons. The summed E-state index contributed by atoms with van der Waals surface area (Å²) in [4.78, 5) is 0. The second-order valence-corrected chi connectivity index (χ2v) is 10.1. The lowest BCUT2D eigenvalue weighted by molar-refractivity contribution is -0.104. The zero-order valence-electron chi connectivity index (χ0n) is 9.94. The van der Waals surface area contributed by atoms with Gasteiger partial charge in [0.05, 0.1) is 0 Å². The molecular formula is C6Cl2F14P2. The summed E-state index contributed by atoms with van der Waals surface area (Å²) in [6.07, 6.45) is 0. The van der Waals surface area contributed by atoms with Gasteiger partial charge in [0.15, 0.2) is 15.8 Å². The van der Waals surface area contributed by atoms with Gasteiger partial charge in [0, 0.05) is 0 Å². The van der Waals surface area contributed by atoms with Crippen LogP contribution < -0.4 is 0 Å². The van der Waals surface area contributed by atoms with E-state index in [0.29, 0.717) is 0 Å². The van der Waals surface area contributed by atoms with Crippen molar-refractivity contribution in [2.45, 2.75) is 33.4 Å². The molecule has 0 amide bonds. The number of halogens is 16. The molecule has 0 aromatic heterocycles. The van der Waals surface area contributed by atoms with E-state index >= 15 is 0 Å². The van der Waals surface area contributed by atoms with Crippen LogP contribution in [0, 0.1) is 0 Å². The Morgan fingerprint density at radius 2 is 0.625 bits per heavy atom. The number of rotatable bonds is 3. The van der Waals surface area contributed by atoms with Crippen molar-refractivity contribution >= 4 is 39.0 Å². The average molecular weight is 471 g/mol. The van der Waals surface area contributed by atoms with E-state index < -0.39 is 49.3 Å². The Labute approximate surface area is 134 Å². The van der Waals surface area contributed by atoms with E-state index in [4.69, 9.17) is 0 Å². The van der Waals surface area contributed by atoms with Crippen molar-refractivity contribution in [2.24, 2.45) is 0 Å². The third-order valence-corrected chi connectivity index (χ3v) is 7.63. The van der Waals surface area contributed by atoms with Gasteiger partial charge in [-0.2, -0.15) is 61.5 Å². The molecule has 0 radical (unpaired) electrons. The van der Waals surface area contributed by atoms with E-state index in [-0.39, 0.29) is 0 Å². The Bertz CT molecular complexity index is 374. The van der Waals surface area contributed by atoms with Gasteiger partial charge in [-0.05, 0) is 0 Å². The third-order valence-electron chi connectivity index (χ3n) is 1.94. The maximum absolute atomic E-state index is 13.5. The van der Waals surface area contributed by atoms with Gasteiger partial charge < -0.3 is 0 Å². The molecule has 0 aromatic carbocycles. The van der Waals surface area contributed by atoms with Gasteiger partial charge in [-0.3, -0.25) is 0 Å². The number of hydrogen-bond acceptors (Lipinski definition) is 0. The standard InChI is InChI=1S/C6Cl2F14P2/c7-1(8,23(3(11,12)13)4(14,15)16)2(9,10)24(5(17,18)19)6(20,21)22. The Morgan fingerprint density at radius 3 is 0.792 bits per heavy atom. The summed E-state index contributed by atoms with van der Waals surface area (Å²) in [5.41, 5.74) is -6.85. The summed E-state index contributed by atoms with van der Waals surface area (Å²) in [6, 6.07) is 0. The maximum atomic E-state index is 13.5. The van der Waals surface area contributed by atoms with E-state index in [1.54, 1.807) is 0 Å². The third kappa shape index (κ3) is 5.01. The lowest BCUT2D eigenvalue weighted by atomic mass is 10.8. The van der Waals surface area contributed by atoms with Gasteiger partial charge in [-0.25, -0.2) is 0 Å². The van der Waals surface area contributed by atoms with Crippen molar-refractivity contribution in [1.82, 2.24) is 0 Å². The molecule has 24 heavy (non-hydrogen) atoms. The Hall–Kier alpha value is 0.460. The van der Waals surface area contributed by atoms with Crippen molar-refractivity contribution in [3.63, 3.8) is 0 Å². The lowest BCUT2D eigenvalue weighted by Crippen LogP contribution is -2.46. The first-order chi connectivity index (χ1) is 9.98. The molecule has 0 N–H and O–H groups in total. The molecule has 0 fully saturated rings.